The second kappa shape index (κ2) is 4.02. The minimum absolute atomic E-state index is 0.298. The normalized spacial score (nSPS) is 13.3. The number of fused-ring (bicyclic) bond motifs is 1. The molecule has 1 aromatic carbocycles. The SMILES string of the molecule is C[C@@H](O)CSc1nc2ccccc2[nH]1. The number of benzene rings is 1. The van der Waals surface area contributed by atoms with Gasteiger partial charge in [-0.3, -0.25) is 0 Å². The summed E-state index contributed by atoms with van der Waals surface area (Å²) in [6.45, 7) is 1.77. The fourth-order valence-corrected chi connectivity index (χ4v) is 1.94. The van der Waals surface area contributed by atoms with Gasteiger partial charge in [-0.15, -0.1) is 0 Å². The third-order valence-corrected chi connectivity index (χ3v) is 2.94. The maximum Gasteiger partial charge on any atom is 0.166 e. The first-order chi connectivity index (χ1) is 6.75. The van der Waals surface area contributed by atoms with E-state index in [9.17, 15) is 0 Å². The first-order valence-corrected chi connectivity index (χ1v) is 5.50. The Hall–Kier alpha value is -1.00. The van der Waals surface area contributed by atoms with E-state index in [1.807, 2.05) is 24.3 Å². The Kier molecular flexibility index (Phi) is 2.74. The predicted molar refractivity (Wildman–Crippen MR) is 58.5 cm³/mol. The Morgan fingerprint density at radius 1 is 1.50 bits per heavy atom. The van der Waals surface area contributed by atoms with Gasteiger partial charge in [0, 0.05) is 5.75 Å². The average molecular weight is 208 g/mol. The molecule has 0 saturated carbocycles. The topological polar surface area (TPSA) is 48.9 Å². The zero-order chi connectivity index (χ0) is 9.97. The van der Waals surface area contributed by atoms with E-state index < -0.39 is 0 Å². The quantitative estimate of drug-likeness (QED) is 0.759. The summed E-state index contributed by atoms with van der Waals surface area (Å²) >= 11 is 1.54. The molecule has 1 atom stereocenters. The van der Waals surface area contributed by atoms with Gasteiger partial charge in [0.25, 0.3) is 0 Å². The number of rotatable bonds is 3. The molecule has 2 N–H and O–H groups in total. The second-order valence-corrected chi connectivity index (χ2v) is 4.23. The molecular formula is C10H12N2OS. The number of aromatic nitrogens is 2. The highest BCUT2D eigenvalue weighted by atomic mass is 32.2. The van der Waals surface area contributed by atoms with Crippen LogP contribution in [-0.2, 0) is 0 Å². The minimum atomic E-state index is -0.298. The van der Waals surface area contributed by atoms with Crippen LogP contribution >= 0.6 is 11.8 Å². The summed E-state index contributed by atoms with van der Waals surface area (Å²) in [6, 6.07) is 7.91. The monoisotopic (exact) mass is 208 g/mol. The first-order valence-electron chi connectivity index (χ1n) is 4.51. The van der Waals surface area contributed by atoms with Crippen molar-refractivity contribution in [2.75, 3.05) is 5.75 Å². The number of aliphatic hydroxyl groups excluding tert-OH is 1. The fourth-order valence-electron chi connectivity index (χ4n) is 1.20. The Balaban J connectivity index is 2.19. The van der Waals surface area contributed by atoms with Crippen molar-refractivity contribution in [3.8, 4) is 0 Å². The van der Waals surface area contributed by atoms with Gasteiger partial charge in [-0.2, -0.15) is 0 Å². The van der Waals surface area contributed by atoms with E-state index in [0.29, 0.717) is 5.75 Å². The molecule has 1 aromatic heterocycles. The van der Waals surface area contributed by atoms with Gasteiger partial charge in [0.15, 0.2) is 5.16 Å². The summed E-state index contributed by atoms with van der Waals surface area (Å²) in [5, 5.41) is 9.99. The molecule has 74 valence electrons. The van der Waals surface area contributed by atoms with Crippen LogP contribution in [0.25, 0.3) is 11.0 Å². The van der Waals surface area contributed by atoms with E-state index in [4.69, 9.17) is 5.11 Å². The molecule has 2 rings (SSSR count). The molecule has 4 heteroatoms. The number of H-pyrrole nitrogens is 1. The Morgan fingerprint density at radius 2 is 2.29 bits per heavy atom. The van der Waals surface area contributed by atoms with Crippen LogP contribution in [0.3, 0.4) is 0 Å². The summed E-state index contributed by atoms with van der Waals surface area (Å²) in [4.78, 5) is 7.57. The van der Waals surface area contributed by atoms with Crippen molar-refractivity contribution < 1.29 is 5.11 Å². The van der Waals surface area contributed by atoms with Crippen LogP contribution in [0, 0.1) is 0 Å². The van der Waals surface area contributed by atoms with Gasteiger partial charge >= 0.3 is 0 Å². The molecule has 3 nitrogen and oxygen atoms in total. The van der Waals surface area contributed by atoms with Crippen LogP contribution in [0.15, 0.2) is 29.4 Å². The number of nitrogens with zero attached hydrogens (tertiary/aromatic N) is 1. The van der Waals surface area contributed by atoms with Gasteiger partial charge in [0.1, 0.15) is 0 Å². The lowest BCUT2D eigenvalue weighted by atomic mass is 10.3. The number of para-hydroxylation sites is 2. The lowest BCUT2D eigenvalue weighted by Crippen LogP contribution is -2.02. The smallest absolute Gasteiger partial charge is 0.166 e. The molecule has 0 spiro atoms. The van der Waals surface area contributed by atoms with Gasteiger partial charge < -0.3 is 10.1 Å². The van der Waals surface area contributed by atoms with E-state index in [-0.39, 0.29) is 6.10 Å². The van der Waals surface area contributed by atoms with Gasteiger partial charge in [0.05, 0.1) is 17.1 Å². The zero-order valence-electron chi connectivity index (χ0n) is 7.90. The van der Waals surface area contributed by atoms with Crippen LogP contribution in [0.5, 0.6) is 0 Å². The number of nitrogens with one attached hydrogen (secondary N) is 1. The second-order valence-electron chi connectivity index (χ2n) is 3.22. The Bertz CT molecular complexity index is 392. The van der Waals surface area contributed by atoms with Gasteiger partial charge in [-0.1, -0.05) is 23.9 Å². The molecule has 0 saturated heterocycles. The molecule has 0 amide bonds. The predicted octanol–water partition coefficient (Wildman–Crippen LogP) is 2.04. The third-order valence-electron chi connectivity index (χ3n) is 1.83. The van der Waals surface area contributed by atoms with Crippen LogP contribution in [0.4, 0.5) is 0 Å². The average Bonchev–Trinajstić information content (AvgIpc) is 2.57. The van der Waals surface area contributed by atoms with Crippen molar-refractivity contribution in [3.05, 3.63) is 24.3 Å². The Morgan fingerprint density at radius 3 is 3.00 bits per heavy atom. The first kappa shape index (κ1) is 9.55. The van der Waals surface area contributed by atoms with Gasteiger partial charge in [0.2, 0.25) is 0 Å². The number of thioether (sulfide) groups is 1. The van der Waals surface area contributed by atoms with Gasteiger partial charge in [-0.05, 0) is 19.1 Å². The lowest BCUT2D eigenvalue weighted by Gasteiger charge is -1.99. The lowest BCUT2D eigenvalue weighted by molar-refractivity contribution is 0.220. The van der Waals surface area contributed by atoms with Crippen molar-refractivity contribution in [3.63, 3.8) is 0 Å². The number of aliphatic hydroxyl groups is 1. The highest BCUT2D eigenvalue weighted by Crippen LogP contribution is 2.19. The van der Waals surface area contributed by atoms with Crippen molar-refractivity contribution in [2.24, 2.45) is 0 Å². The van der Waals surface area contributed by atoms with E-state index in [1.54, 1.807) is 6.92 Å². The molecule has 0 aliphatic rings. The van der Waals surface area contributed by atoms with Gasteiger partial charge in [-0.25, -0.2) is 4.98 Å². The van der Waals surface area contributed by atoms with Crippen molar-refractivity contribution in [2.45, 2.75) is 18.2 Å². The summed E-state index contributed by atoms with van der Waals surface area (Å²) in [5.74, 6) is 0.666. The molecule has 2 aromatic rings. The van der Waals surface area contributed by atoms with Crippen molar-refractivity contribution in [1.82, 2.24) is 9.97 Å². The number of hydrogen-bond acceptors (Lipinski definition) is 3. The standard InChI is InChI=1S/C10H12N2OS/c1-7(13)6-14-10-11-8-4-2-3-5-9(8)12-10/h2-5,7,13H,6H2,1H3,(H,11,12)/t7-/m1/s1. The summed E-state index contributed by atoms with van der Waals surface area (Å²) in [5.41, 5.74) is 2.01. The van der Waals surface area contributed by atoms with Crippen molar-refractivity contribution in [1.29, 1.82) is 0 Å². The molecule has 0 radical (unpaired) electrons. The van der Waals surface area contributed by atoms with Crippen LogP contribution in [-0.4, -0.2) is 26.9 Å². The van der Waals surface area contributed by atoms with Crippen LogP contribution in [0.2, 0.25) is 0 Å². The largest absolute Gasteiger partial charge is 0.393 e. The number of imidazole rings is 1. The maximum atomic E-state index is 9.13. The fraction of sp³-hybridized carbons (Fsp3) is 0.300. The summed E-state index contributed by atoms with van der Waals surface area (Å²) in [6.07, 6.45) is -0.298. The molecule has 14 heavy (non-hydrogen) atoms. The highest BCUT2D eigenvalue weighted by molar-refractivity contribution is 7.99. The molecule has 1 heterocycles. The molecular weight excluding hydrogens is 196 g/mol. The number of aromatic amines is 1. The third kappa shape index (κ3) is 2.08. The highest BCUT2D eigenvalue weighted by Gasteiger charge is 2.03. The molecule has 0 unspecified atom stereocenters. The summed E-state index contributed by atoms with van der Waals surface area (Å²) < 4.78 is 0. The van der Waals surface area contributed by atoms with E-state index in [2.05, 4.69) is 9.97 Å². The molecule has 0 fully saturated rings. The van der Waals surface area contributed by atoms with E-state index in [0.717, 1.165) is 16.2 Å². The summed E-state index contributed by atoms with van der Waals surface area (Å²) in [7, 11) is 0. The van der Waals surface area contributed by atoms with Crippen LogP contribution < -0.4 is 0 Å². The molecule has 0 bridgehead atoms. The van der Waals surface area contributed by atoms with E-state index >= 15 is 0 Å². The van der Waals surface area contributed by atoms with E-state index in [1.165, 1.54) is 11.8 Å². The molecule has 0 aliphatic carbocycles. The molecule has 0 aliphatic heterocycles. The zero-order valence-corrected chi connectivity index (χ0v) is 8.71. The Labute approximate surface area is 86.6 Å². The number of hydrogen-bond donors (Lipinski definition) is 2. The van der Waals surface area contributed by atoms with Crippen molar-refractivity contribution >= 4 is 22.8 Å². The maximum absolute atomic E-state index is 9.13. The minimum Gasteiger partial charge on any atom is -0.393 e. The van der Waals surface area contributed by atoms with Crippen LogP contribution in [0.1, 0.15) is 6.92 Å².